The second kappa shape index (κ2) is 11.3. The third-order valence-corrected chi connectivity index (χ3v) is 7.82. The SMILES string of the molecule is Cc1ccc(COc2nc(-c3cc(F)c(Cc4nc5ccc(C(=O)O)cc5n4CC4(CF)CC4)cc3F)ncc2F)c(F)c1. The Labute approximate surface area is 248 Å². The lowest BCUT2D eigenvalue weighted by Crippen LogP contribution is -2.16. The van der Waals surface area contributed by atoms with E-state index >= 15 is 8.78 Å². The summed E-state index contributed by atoms with van der Waals surface area (Å²) in [6.45, 7) is 0.991. The maximum atomic E-state index is 15.5. The van der Waals surface area contributed by atoms with Crippen LogP contribution in [0.2, 0.25) is 0 Å². The summed E-state index contributed by atoms with van der Waals surface area (Å²) in [5.41, 5.74) is 0.722. The number of hydrogen-bond acceptors (Lipinski definition) is 5. The molecule has 12 heteroatoms. The molecule has 0 aliphatic heterocycles. The van der Waals surface area contributed by atoms with Gasteiger partial charge < -0.3 is 14.4 Å². The van der Waals surface area contributed by atoms with E-state index in [-0.39, 0.29) is 47.7 Å². The van der Waals surface area contributed by atoms with Gasteiger partial charge in [-0.3, -0.25) is 4.39 Å². The van der Waals surface area contributed by atoms with Gasteiger partial charge in [0, 0.05) is 23.9 Å². The minimum Gasteiger partial charge on any atom is -0.478 e. The Morgan fingerprint density at radius 3 is 2.43 bits per heavy atom. The quantitative estimate of drug-likeness (QED) is 0.172. The first-order chi connectivity index (χ1) is 21.1. The van der Waals surface area contributed by atoms with Gasteiger partial charge in [0.2, 0.25) is 5.82 Å². The zero-order valence-corrected chi connectivity index (χ0v) is 23.4. The summed E-state index contributed by atoms with van der Waals surface area (Å²) in [5, 5.41) is 9.45. The summed E-state index contributed by atoms with van der Waals surface area (Å²) >= 11 is 0. The molecule has 1 fully saturated rings. The van der Waals surface area contributed by atoms with Crippen molar-refractivity contribution in [3.8, 4) is 17.3 Å². The molecule has 0 spiro atoms. The zero-order chi connectivity index (χ0) is 31.2. The summed E-state index contributed by atoms with van der Waals surface area (Å²) in [6.07, 6.45) is 1.86. The predicted octanol–water partition coefficient (Wildman–Crippen LogP) is 6.98. The van der Waals surface area contributed by atoms with Gasteiger partial charge in [0.15, 0.2) is 5.82 Å². The number of alkyl halides is 1. The monoisotopic (exact) mass is 608 g/mol. The van der Waals surface area contributed by atoms with Crippen LogP contribution in [0.1, 0.15) is 45.7 Å². The highest BCUT2D eigenvalue weighted by molar-refractivity contribution is 5.92. The van der Waals surface area contributed by atoms with Gasteiger partial charge in [-0.15, -0.1) is 0 Å². The van der Waals surface area contributed by atoms with Crippen molar-refractivity contribution in [3.05, 3.63) is 106 Å². The van der Waals surface area contributed by atoms with Gasteiger partial charge in [-0.1, -0.05) is 12.1 Å². The zero-order valence-electron chi connectivity index (χ0n) is 23.4. The maximum Gasteiger partial charge on any atom is 0.335 e. The standard InChI is InChI=1S/C32H25F5N4O3/c1-17-2-3-19(22(34)8-17)14-44-30-25(37)13-38-29(40-30)21-12-23(35)20(9-24(21)36)11-28-39-26-5-4-18(31(42)43)10-27(26)41(28)16-32(15-33)6-7-32/h2-5,8-10,12-13H,6-7,11,14-16H2,1H3,(H,42,43). The average molecular weight is 609 g/mol. The van der Waals surface area contributed by atoms with E-state index in [9.17, 15) is 23.1 Å². The molecule has 6 rings (SSSR count). The van der Waals surface area contributed by atoms with Gasteiger partial charge in [-0.2, -0.15) is 9.37 Å². The number of aryl methyl sites for hydroxylation is 1. The van der Waals surface area contributed by atoms with Crippen molar-refractivity contribution in [3.63, 3.8) is 0 Å². The first kappa shape index (κ1) is 29.2. The number of halogens is 5. The number of ether oxygens (including phenoxy) is 1. The molecule has 44 heavy (non-hydrogen) atoms. The number of carboxylic acid groups (broad SMARTS) is 1. The molecule has 1 aliphatic rings. The number of benzene rings is 3. The van der Waals surface area contributed by atoms with Crippen LogP contribution in [-0.4, -0.2) is 37.3 Å². The van der Waals surface area contributed by atoms with Crippen LogP contribution < -0.4 is 4.74 Å². The van der Waals surface area contributed by atoms with E-state index in [4.69, 9.17) is 4.74 Å². The minimum absolute atomic E-state index is 0.0171. The number of aromatic nitrogens is 4. The van der Waals surface area contributed by atoms with E-state index < -0.39 is 47.2 Å². The molecular weight excluding hydrogens is 583 g/mol. The molecule has 0 saturated heterocycles. The first-order valence-corrected chi connectivity index (χ1v) is 13.7. The van der Waals surface area contributed by atoms with Crippen LogP contribution >= 0.6 is 0 Å². The summed E-state index contributed by atoms with van der Waals surface area (Å²) in [6, 6.07) is 10.6. The van der Waals surface area contributed by atoms with Crippen molar-refractivity contribution in [2.45, 2.75) is 39.3 Å². The van der Waals surface area contributed by atoms with Crippen molar-refractivity contribution in [2.75, 3.05) is 6.67 Å². The molecule has 0 bridgehead atoms. The number of nitrogens with zero attached hydrogens (tertiary/aromatic N) is 4. The second-order valence-electron chi connectivity index (χ2n) is 11.1. The van der Waals surface area contributed by atoms with Crippen LogP contribution in [0.15, 0.2) is 54.7 Å². The highest BCUT2D eigenvalue weighted by Gasteiger charge is 2.44. The predicted molar refractivity (Wildman–Crippen MR) is 150 cm³/mol. The van der Waals surface area contributed by atoms with E-state index in [0.29, 0.717) is 35.3 Å². The Bertz CT molecular complexity index is 1920. The topological polar surface area (TPSA) is 90.1 Å². The lowest BCUT2D eigenvalue weighted by molar-refractivity contribution is 0.0697. The van der Waals surface area contributed by atoms with Crippen LogP contribution in [0.3, 0.4) is 0 Å². The number of carboxylic acids is 1. The molecule has 2 heterocycles. The molecule has 0 amide bonds. The first-order valence-electron chi connectivity index (χ1n) is 13.7. The van der Waals surface area contributed by atoms with Gasteiger partial charge >= 0.3 is 5.97 Å². The lowest BCUT2D eigenvalue weighted by atomic mass is 10.1. The minimum atomic E-state index is -1.14. The van der Waals surface area contributed by atoms with E-state index in [0.717, 1.165) is 18.3 Å². The smallest absolute Gasteiger partial charge is 0.335 e. The van der Waals surface area contributed by atoms with Crippen molar-refractivity contribution in [2.24, 2.45) is 5.41 Å². The van der Waals surface area contributed by atoms with Crippen molar-refractivity contribution < 1.29 is 36.6 Å². The fraction of sp³-hybridized carbons (Fsp3) is 0.250. The number of aromatic carboxylic acids is 1. The molecule has 0 atom stereocenters. The van der Waals surface area contributed by atoms with Gasteiger partial charge in [0.05, 0.1) is 35.0 Å². The number of carbonyl (C=O) groups is 1. The lowest BCUT2D eigenvalue weighted by Gasteiger charge is -2.16. The molecule has 0 unspecified atom stereocenters. The third kappa shape index (κ3) is 5.71. The van der Waals surface area contributed by atoms with Crippen molar-refractivity contribution in [1.82, 2.24) is 19.5 Å². The molecule has 0 radical (unpaired) electrons. The van der Waals surface area contributed by atoms with E-state index in [2.05, 4.69) is 15.0 Å². The molecule has 3 aromatic carbocycles. The number of fused-ring (bicyclic) bond motifs is 1. The number of imidazole rings is 1. The second-order valence-corrected chi connectivity index (χ2v) is 11.1. The van der Waals surface area contributed by atoms with Crippen molar-refractivity contribution in [1.29, 1.82) is 0 Å². The summed E-state index contributed by atoms with van der Waals surface area (Å²) in [7, 11) is 0. The number of hydrogen-bond donors (Lipinski definition) is 1. The average Bonchev–Trinajstić information content (AvgIpc) is 3.70. The van der Waals surface area contributed by atoms with Crippen molar-refractivity contribution >= 4 is 17.0 Å². The molecule has 5 aromatic rings. The van der Waals surface area contributed by atoms with Crippen LogP contribution in [0.25, 0.3) is 22.4 Å². The summed E-state index contributed by atoms with van der Waals surface area (Å²) in [4.78, 5) is 23.8. The fourth-order valence-corrected chi connectivity index (χ4v) is 5.03. The molecule has 2 aromatic heterocycles. The Morgan fingerprint density at radius 2 is 1.73 bits per heavy atom. The fourth-order valence-electron chi connectivity index (χ4n) is 5.03. The Morgan fingerprint density at radius 1 is 0.955 bits per heavy atom. The van der Waals surface area contributed by atoms with Crippen LogP contribution in [-0.2, 0) is 19.6 Å². The van der Waals surface area contributed by atoms with Crippen LogP contribution in [0.4, 0.5) is 22.0 Å². The van der Waals surface area contributed by atoms with E-state index in [1.54, 1.807) is 17.6 Å². The molecule has 1 N–H and O–H groups in total. The number of rotatable bonds is 10. The Kier molecular flexibility index (Phi) is 7.52. The molecule has 1 aliphatic carbocycles. The van der Waals surface area contributed by atoms with Gasteiger partial charge in [0.25, 0.3) is 5.88 Å². The van der Waals surface area contributed by atoms with Crippen LogP contribution in [0, 0.1) is 35.6 Å². The van der Waals surface area contributed by atoms with Gasteiger partial charge in [-0.25, -0.2) is 27.9 Å². The maximum absolute atomic E-state index is 15.5. The van der Waals surface area contributed by atoms with E-state index in [1.807, 2.05) is 0 Å². The Hall–Kier alpha value is -4.87. The molecule has 1 saturated carbocycles. The van der Waals surface area contributed by atoms with Gasteiger partial charge in [-0.05, 0) is 67.3 Å². The highest BCUT2D eigenvalue weighted by Crippen LogP contribution is 2.48. The van der Waals surface area contributed by atoms with Gasteiger partial charge in [0.1, 0.15) is 29.9 Å². The van der Waals surface area contributed by atoms with Crippen LogP contribution in [0.5, 0.6) is 5.88 Å². The normalized spacial score (nSPS) is 13.8. The molecule has 226 valence electrons. The summed E-state index contributed by atoms with van der Waals surface area (Å²) in [5.74, 6) is -4.98. The third-order valence-electron chi connectivity index (χ3n) is 7.82. The highest BCUT2D eigenvalue weighted by atomic mass is 19.1. The Balaban J connectivity index is 1.30. The summed E-state index contributed by atoms with van der Waals surface area (Å²) < 4.78 is 80.3. The molecule has 7 nitrogen and oxygen atoms in total. The molecular formula is C32H25F5N4O3. The largest absolute Gasteiger partial charge is 0.478 e. The van der Waals surface area contributed by atoms with E-state index in [1.165, 1.54) is 30.3 Å².